The summed E-state index contributed by atoms with van der Waals surface area (Å²) in [7, 11) is 0. The van der Waals surface area contributed by atoms with Crippen LogP contribution in [0.3, 0.4) is 0 Å². The maximum absolute atomic E-state index is 12.3. The van der Waals surface area contributed by atoms with Crippen molar-refractivity contribution in [2.75, 3.05) is 5.32 Å². The van der Waals surface area contributed by atoms with Gasteiger partial charge in [0.05, 0.1) is 5.02 Å². The molecular weight excluding hydrogens is 338 g/mol. The van der Waals surface area contributed by atoms with Crippen molar-refractivity contribution in [3.8, 4) is 5.75 Å². The van der Waals surface area contributed by atoms with Crippen LogP contribution in [0.2, 0.25) is 5.02 Å². The number of benzene rings is 2. The Kier molecular flexibility index (Phi) is 5.05. The molecule has 3 rings (SSSR count). The van der Waals surface area contributed by atoms with Gasteiger partial charge in [0.25, 0.3) is 5.91 Å². The van der Waals surface area contributed by atoms with Crippen molar-refractivity contribution in [2.45, 2.75) is 20.6 Å². The van der Waals surface area contributed by atoms with Crippen molar-refractivity contribution >= 4 is 23.2 Å². The lowest BCUT2D eigenvalue weighted by Crippen LogP contribution is -2.15. The average Bonchev–Trinajstić information content (AvgIpc) is 3.06. The summed E-state index contributed by atoms with van der Waals surface area (Å²) in [6, 6.07) is 14.7. The van der Waals surface area contributed by atoms with Crippen LogP contribution in [-0.4, -0.2) is 15.7 Å². The fourth-order valence-electron chi connectivity index (χ4n) is 2.39. The van der Waals surface area contributed by atoms with Crippen LogP contribution in [0.5, 0.6) is 5.75 Å². The number of carbonyl (C=O) groups excluding carboxylic acids is 1. The van der Waals surface area contributed by atoms with E-state index in [0.717, 1.165) is 16.8 Å². The number of nitrogens with zero attached hydrogens (tertiary/aromatic N) is 2. The van der Waals surface area contributed by atoms with E-state index in [1.165, 1.54) is 0 Å². The lowest BCUT2D eigenvalue weighted by Gasteiger charge is -2.08. The van der Waals surface area contributed by atoms with Crippen molar-refractivity contribution in [3.05, 3.63) is 76.6 Å². The largest absolute Gasteiger partial charge is 0.470 e. The Morgan fingerprint density at radius 2 is 2.00 bits per heavy atom. The second-order valence-electron chi connectivity index (χ2n) is 5.72. The van der Waals surface area contributed by atoms with E-state index in [-0.39, 0.29) is 12.6 Å². The molecule has 5 nitrogen and oxygen atoms in total. The highest BCUT2D eigenvalue weighted by Gasteiger charge is 2.11. The Morgan fingerprint density at radius 3 is 2.76 bits per heavy atom. The third kappa shape index (κ3) is 4.19. The lowest BCUT2D eigenvalue weighted by molar-refractivity contribution is 0.102. The number of hydrogen-bond donors (Lipinski definition) is 1. The minimum atomic E-state index is -0.261. The number of halogens is 1. The highest BCUT2D eigenvalue weighted by atomic mass is 35.5. The van der Waals surface area contributed by atoms with Crippen molar-refractivity contribution in [3.63, 3.8) is 0 Å². The SMILES string of the molecule is Cc1ccc(NC(=O)c2ccn(COc3ccccc3Cl)n2)c(C)c1. The van der Waals surface area contributed by atoms with Crippen LogP contribution in [0.4, 0.5) is 5.69 Å². The van der Waals surface area contributed by atoms with E-state index < -0.39 is 0 Å². The van der Waals surface area contributed by atoms with Gasteiger partial charge in [0.2, 0.25) is 0 Å². The van der Waals surface area contributed by atoms with E-state index in [1.54, 1.807) is 29.1 Å². The zero-order chi connectivity index (χ0) is 17.8. The number of para-hydroxylation sites is 1. The molecule has 0 spiro atoms. The fourth-order valence-corrected chi connectivity index (χ4v) is 2.58. The summed E-state index contributed by atoms with van der Waals surface area (Å²) in [5.74, 6) is 0.310. The molecule has 0 fully saturated rings. The molecule has 0 aliphatic carbocycles. The first-order valence-corrected chi connectivity index (χ1v) is 8.20. The molecule has 6 heteroatoms. The fraction of sp³-hybridized carbons (Fsp3) is 0.158. The minimum absolute atomic E-state index is 0.167. The zero-order valence-electron chi connectivity index (χ0n) is 14.0. The van der Waals surface area contributed by atoms with E-state index in [0.29, 0.717) is 16.5 Å². The van der Waals surface area contributed by atoms with E-state index in [1.807, 2.05) is 44.2 Å². The minimum Gasteiger partial charge on any atom is -0.470 e. The number of carbonyl (C=O) groups is 1. The molecule has 1 heterocycles. The number of hydrogen-bond acceptors (Lipinski definition) is 3. The summed E-state index contributed by atoms with van der Waals surface area (Å²) in [5, 5.41) is 7.64. The van der Waals surface area contributed by atoms with Crippen LogP contribution in [0, 0.1) is 13.8 Å². The molecule has 0 radical (unpaired) electrons. The zero-order valence-corrected chi connectivity index (χ0v) is 14.7. The number of ether oxygens (including phenoxy) is 1. The van der Waals surface area contributed by atoms with Crippen LogP contribution in [0.25, 0.3) is 0 Å². The molecule has 1 amide bonds. The maximum Gasteiger partial charge on any atom is 0.276 e. The third-order valence-corrected chi connectivity index (χ3v) is 4.00. The smallest absolute Gasteiger partial charge is 0.276 e. The van der Waals surface area contributed by atoms with Gasteiger partial charge in [-0.05, 0) is 43.7 Å². The first-order chi connectivity index (χ1) is 12.0. The van der Waals surface area contributed by atoms with Gasteiger partial charge in [-0.2, -0.15) is 5.10 Å². The summed E-state index contributed by atoms with van der Waals surface area (Å²) in [6.07, 6.45) is 1.69. The molecule has 0 atom stereocenters. The molecule has 0 saturated carbocycles. The maximum atomic E-state index is 12.3. The van der Waals surface area contributed by atoms with Gasteiger partial charge in [0.15, 0.2) is 12.4 Å². The Hall–Kier alpha value is -2.79. The summed E-state index contributed by atoms with van der Waals surface area (Å²) in [5.41, 5.74) is 3.26. The van der Waals surface area contributed by atoms with Crippen molar-refractivity contribution < 1.29 is 9.53 Å². The van der Waals surface area contributed by atoms with Gasteiger partial charge >= 0.3 is 0 Å². The van der Waals surface area contributed by atoms with Crippen LogP contribution in [0.15, 0.2) is 54.7 Å². The predicted octanol–water partition coefficient (Wildman–Crippen LogP) is 4.44. The first-order valence-electron chi connectivity index (χ1n) is 7.82. The number of amides is 1. The molecule has 0 bridgehead atoms. The van der Waals surface area contributed by atoms with E-state index >= 15 is 0 Å². The number of nitrogens with one attached hydrogen (secondary N) is 1. The number of rotatable bonds is 5. The Morgan fingerprint density at radius 1 is 1.20 bits per heavy atom. The van der Waals surface area contributed by atoms with Crippen molar-refractivity contribution in [2.24, 2.45) is 0 Å². The Balaban J connectivity index is 1.64. The van der Waals surface area contributed by atoms with Gasteiger partial charge in [-0.3, -0.25) is 4.79 Å². The molecule has 0 aliphatic heterocycles. The second kappa shape index (κ2) is 7.40. The number of aryl methyl sites for hydroxylation is 2. The molecule has 0 aliphatic rings. The summed E-state index contributed by atoms with van der Waals surface area (Å²) in [6.45, 7) is 4.14. The summed E-state index contributed by atoms with van der Waals surface area (Å²) >= 11 is 6.04. The highest BCUT2D eigenvalue weighted by molar-refractivity contribution is 6.32. The molecular formula is C19H18ClN3O2. The standard InChI is InChI=1S/C19H18ClN3O2/c1-13-7-8-16(14(2)11-13)21-19(24)17-9-10-23(22-17)12-25-18-6-4-3-5-15(18)20/h3-11H,12H2,1-2H3,(H,21,24). The lowest BCUT2D eigenvalue weighted by atomic mass is 10.1. The molecule has 2 aromatic carbocycles. The normalized spacial score (nSPS) is 10.5. The van der Waals surface area contributed by atoms with Crippen molar-refractivity contribution in [1.29, 1.82) is 0 Å². The van der Waals surface area contributed by atoms with Gasteiger partial charge in [-0.15, -0.1) is 0 Å². The molecule has 1 aromatic heterocycles. The third-order valence-electron chi connectivity index (χ3n) is 3.69. The topological polar surface area (TPSA) is 56.2 Å². The molecule has 0 saturated heterocycles. The van der Waals surface area contributed by atoms with E-state index in [9.17, 15) is 4.79 Å². The van der Waals surface area contributed by atoms with E-state index in [4.69, 9.17) is 16.3 Å². The molecule has 0 unspecified atom stereocenters. The molecule has 3 aromatic rings. The van der Waals surface area contributed by atoms with Gasteiger partial charge < -0.3 is 10.1 Å². The first kappa shape index (κ1) is 17.0. The van der Waals surface area contributed by atoms with Crippen LogP contribution in [0.1, 0.15) is 21.6 Å². The van der Waals surface area contributed by atoms with Gasteiger partial charge in [-0.1, -0.05) is 41.4 Å². The van der Waals surface area contributed by atoms with Crippen LogP contribution < -0.4 is 10.1 Å². The molecule has 128 valence electrons. The van der Waals surface area contributed by atoms with Crippen LogP contribution >= 0.6 is 11.6 Å². The monoisotopic (exact) mass is 355 g/mol. The van der Waals surface area contributed by atoms with Gasteiger partial charge in [0.1, 0.15) is 5.75 Å². The average molecular weight is 356 g/mol. The quantitative estimate of drug-likeness (QED) is 0.736. The Labute approximate surface area is 151 Å². The second-order valence-corrected chi connectivity index (χ2v) is 6.12. The van der Waals surface area contributed by atoms with Gasteiger partial charge in [-0.25, -0.2) is 4.68 Å². The van der Waals surface area contributed by atoms with E-state index in [2.05, 4.69) is 10.4 Å². The van der Waals surface area contributed by atoms with Crippen molar-refractivity contribution in [1.82, 2.24) is 9.78 Å². The highest BCUT2D eigenvalue weighted by Crippen LogP contribution is 2.23. The molecule has 25 heavy (non-hydrogen) atoms. The molecule has 1 N–H and O–H groups in total. The summed E-state index contributed by atoms with van der Waals surface area (Å²) in [4.78, 5) is 12.3. The summed E-state index contributed by atoms with van der Waals surface area (Å²) < 4.78 is 7.15. The predicted molar refractivity (Wildman–Crippen MR) is 98.2 cm³/mol. The Bertz CT molecular complexity index is 905. The van der Waals surface area contributed by atoms with Crippen LogP contribution in [-0.2, 0) is 6.73 Å². The number of aromatic nitrogens is 2. The van der Waals surface area contributed by atoms with Gasteiger partial charge in [0, 0.05) is 11.9 Å². The number of anilines is 1.